The van der Waals surface area contributed by atoms with Gasteiger partial charge < -0.3 is 5.11 Å². The van der Waals surface area contributed by atoms with E-state index in [1.54, 1.807) is 20.8 Å². The minimum atomic E-state index is -3.60. The quantitative estimate of drug-likeness (QED) is 0.687. The number of hydrogen-bond acceptors (Lipinski definition) is 3. The number of rotatable bonds is 7. The molecule has 0 radical (unpaired) electrons. The van der Waals surface area contributed by atoms with Crippen LogP contribution >= 0.6 is 0 Å². The van der Waals surface area contributed by atoms with Crippen LogP contribution in [0.5, 0.6) is 0 Å². The highest BCUT2D eigenvalue weighted by Gasteiger charge is 2.24. The summed E-state index contributed by atoms with van der Waals surface area (Å²) in [7, 11) is -2.14. The van der Waals surface area contributed by atoms with Crippen LogP contribution in [0, 0.1) is 0 Å². The maximum Gasteiger partial charge on any atom is 0.304 e. The van der Waals surface area contributed by atoms with Crippen molar-refractivity contribution in [3.63, 3.8) is 0 Å². The largest absolute Gasteiger partial charge is 0.481 e. The number of hydrogen-bond donors (Lipinski definition) is 2. The molecule has 96 valence electrons. The van der Waals surface area contributed by atoms with Gasteiger partial charge in [0, 0.05) is 19.1 Å². The van der Waals surface area contributed by atoms with Gasteiger partial charge in [0.15, 0.2) is 0 Å². The van der Waals surface area contributed by atoms with Crippen molar-refractivity contribution in [3.8, 4) is 0 Å². The maximum absolute atomic E-state index is 11.7. The first-order chi connectivity index (χ1) is 7.20. The molecule has 2 N–H and O–H groups in total. The SMILES string of the molecule is CCC(CC(=O)O)NS(=O)(=O)N(C)C(C)C. The molecule has 1 unspecified atom stereocenters. The van der Waals surface area contributed by atoms with E-state index in [0.717, 1.165) is 0 Å². The first kappa shape index (κ1) is 15.3. The monoisotopic (exact) mass is 252 g/mol. The fourth-order valence-corrected chi connectivity index (χ4v) is 2.44. The van der Waals surface area contributed by atoms with Gasteiger partial charge in [0.25, 0.3) is 10.2 Å². The zero-order valence-corrected chi connectivity index (χ0v) is 10.9. The van der Waals surface area contributed by atoms with Gasteiger partial charge in [0.05, 0.1) is 6.42 Å². The van der Waals surface area contributed by atoms with E-state index in [9.17, 15) is 13.2 Å². The summed E-state index contributed by atoms with van der Waals surface area (Å²) in [5.41, 5.74) is 0. The molecule has 6 nitrogen and oxygen atoms in total. The smallest absolute Gasteiger partial charge is 0.304 e. The van der Waals surface area contributed by atoms with E-state index in [-0.39, 0.29) is 12.5 Å². The van der Waals surface area contributed by atoms with Gasteiger partial charge in [0.2, 0.25) is 0 Å². The van der Waals surface area contributed by atoms with Crippen LogP contribution in [0.2, 0.25) is 0 Å². The van der Waals surface area contributed by atoms with Crippen molar-refractivity contribution >= 4 is 16.2 Å². The van der Waals surface area contributed by atoms with Gasteiger partial charge in [-0.15, -0.1) is 0 Å². The highest BCUT2D eigenvalue weighted by Crippen LogP contribution is 2.05. The molecule has 0 aliphatic rings. The third-order valence-corrected chi connectivity index (χ3v) is 4.15. The Morgan fingerprint density at radius 3 is 2.25 bits per heavy atom. The Bertz CT molecular complexity index is 326. The minimum absolute atomic E-state index is 0.167. The highest BCUT2D eigenvalue weighted by atomic mass is 32.2. The predicted molar refractivity (Wildman–Crippen MR) is 61.3 cm³/mol. The van der Waals surface area contributed by atoms with Gasteiger partial charge >= 0.3 is 5.97 Å². The summed E-state index contributed by atoms with van der Waals surface area (Å²) in [6, 6.07) is -0.733. The third-order valence-electron chi connectivity index (χ3n) is 2.34. The predicted octanol–water partition coefficient (Wildman–Crippen LogP) is 0.414. The van der Waals surface area contributed by atoms with Crippen molar-refractivity contribution in [2.24, 2.45) is 0 Å². The van der Waals surface area contributed by atoms with Crippen LogP contribution in [-0.4, -0.2) is 42.9 Å². The standard InChI is InChI=1S/C9H20N2O4S/c1-5-8(6-9(12)13)10-16(14,15)11(4)7(2)3/h7-8,10H,5-6H2,1-4H3,(H,12,13). The molecule has 0 aromatic carbocycles. The van der Waals surface area contributed by atoms with E-state index >= 15 is 0 Å². The molecular weight excluding hydrogens is 232 g/mol. The number of nitrogens with one attached hydrogen (secondary N) is 1. The summed E-state index contributed by atoms with van der Waals surface area (Å²) in [5.74, 6) is -1.01. The number of nitrogens with zero attached hydrogens (tertiary/aromatic N) is 1. The van der Waals surface area contributed by atoms with Crippen molar-refractivity contribution < 1.29 is 18.3 Å². The number of carboxylic acids is 1. The fourth-order valence-electron chi connectivity index (χ4n) is 1.05. The van der Waals surface area contributed by atoms with Gasteiger partial charge in [-0.2, -0.15) is 17.4 Å². The van der Waals surface area contributed by atoms with Gasteiger partial charge in [-0.3, -0.25) is 4.79 Å². The normalized spacial score (nSPS) is 14.4. The minimum Gasteiger partial charge on any atom is -0.481 e. The molecule has 0 aliphatic carbocycles. The lowest BCUT2D eigenvalue weighted by atomic mass is 10.2. The second kappa shape index (κ2) is 6.17. The third kappa shape index (κ3) is 4.91. The van der Waals surface area contributed by atoms with Crippen molar-refractivity contribution in [1.29, 1.82) is 0 Å². The van der Waals surface area contributed by atoms with Crippen LogP contribution in [0.25, 0.3) is 0 Å². The molecule has 0 saturated heterocycles. The molecular formula is C9H20N2O4S. The average molecular weight is 252 g/mol. The van der Waals surface area contributed by atoms with E-state index in [1.807, 2.05) is 0 Å². The molecule has 0 aromatic heterocycles. The van der Waals surface area contributed by atoms with Gasteiger partial charge in [-0.1, -0.05) is 6.92 Å². The Hall–Kier alpha value is -0.660. The molecule has 7 heteroatoms. The topological polar surface area (TPSA) is 86.7 Å². The Morgan fingerprint density at radius 1 is 1.44 bits per heavy atom. The summed E-state index contributed by atoms with van der Waals surface area (Å²) in [4.78, 5) is 10.5. The molecule has 0 amide bonds. The van der Waals surface area contributed by atoms with Gasteiger partial charge in [-0.25, -0.2) is 0 Å². The zero-order valence-electron chi connectivity index (χ0n) is 10.1. The summed E-state index contributed by atoms with van der Waals surface area (Å²) in [6.07, 6.45) is 0.235. The summed E-state index contributed by atoms with van der Waals surface area (Å²) < 4.78 is 27.0. The molecule has 0 rings (SSSR count). The number of aliphatic carboxylic acids is 1. The zero-order chi connectivity index (χ0) is 12.9. The van der Waals surface area contributed by atoms with Crippen LogP contribution < -0.4 is 4.72 Å². The first-order valence-electron chi connectivity index (χ1n) is 5.17. The summed E-state index contributed by atoms with van der Waals surface area (Å²) in [5, 5.41) is 8.61. The Kier molecular flexibility index (Phi) is 5.91. The molecule has 0 spiro atoms. The Labute approximate surface area is 96.8 Å². The Morgan fingerprint density at radius 2 is 1.94 bits per heavy atom. The van der Waals surface area contributed by atoms with E-state index in [2.05, 4.69) is 4.72 Å². The van der Waals surface area contributed by atoms with Crippen LogP contribution in [0.4, 0.5) is 0 Å². The van der Waals surface area contributed by atoms with Crippen LogP contribution in [0.3, 0.4) is 0 Å². The van der Waals surface area contributed by atoms with Crippen molar-refractivity contribution in [1.82, 2.24) is 9.03 Å². The van der Waals surface area contributed by atoms with Gasteiger partial charge in [0.1, 0.15) is 0 Å². The van der Waals surface area contributed by atoms with Crippen molar-refractivity contribution in [2.45, 2.75) is 45.7 Å². The van der Waals surface area contributed by atoms with E-state index in [1.165, 1.54) is 11.4 Å². The maximum atomic E-state index is 11.7. The summed E-state index contributed by atoms with van der Waals surface area (Å²) in [6.45, 7) is 5.24. The van der Waals surface area contributed by atoms with E-state index in [0.29, 0.717) is 6.42 Å². The lowest BCUT2D eigenvalue weighted by Crippen LogP contribution is -2.46. The Balaban J connectivity index is 4.61. The summed E-state index contributed by atoms with van der Waals surface area (Å²) >= 11 is 0. The van der Waals surface area contributed by atoms with Crippen LogP contribution in [0.15, 0.2) is 0 Å². The van der Waals surface area contributed by atoms with E-state index in [4.69, 9.17) is 5.11 Å². The first-order valence-corrected chi connectivity index (χ1v) is 6.61. The molecule has 0 fully saturated rings. The van der Waals surface area contributed by atoms with Crippen LogP contribution in [0.1, 0.15) is 33.6 Å². The molecule has 16 heavy (non-hydrogen) atoms. The van der Waals surface area contributed by atoms with Crippen molar-refractivity contribution in [3.05, 3.63) is 0 Å². The van der Waals surface area contributed by atoms with Gasteiger partial charge in [-0.05, 0) is 20.3 Å². The van der Waals surface area contributed by atoms with Crippen LogP contribution in [-0.2, 0) is 15.0 Å². The second-order valence-electron chi connectivity index (χ2n) is 3.94. The van der Waals surface area contributed by atoms with E-state index < -0.39 is 22.2 Å². The average Bonchev–Trinajstić information content (AvgIpc) is 2.14. The molecule has 1 atom stereocenters. The molecule has 0 heterocycles. The lowest BCUT2D eigenvalue weighted by Gasteiger charge is -2.24. The molecule has 0 aromatic rings. The fraction of sp³-hybridized carbons (Fsp3) is 0.889. The lowest BCUT2D eigenvalue weighted by molar-refractivity contribution is -0.137. The highest BCUT2D eigenvalue weighted by molar-refractivity contribution is 7.87. The number of carbonyl (C=O) groups is 1. The number of carboxylic acid groups (broad SMARTS) is 1. The molecule has 0 aliphatic heterocycles. The van der Waals surface area contributed by atoms with Crippen molar-refractivity contribution in [2.75, 3.05) is 7.05 Å². The molecule has 0 saturated carbocycles. The second-order valence-corrected chi connectivity index (χ2v) is 5.70. The molecule has 0 bridgehead atoms.